The average Bonchev–Trinajstić information content (AvgIpc) is 2.71. The standard InChI is InChI=1S/C7H5ClN4O2S/c1-4-2-3-11(10-4)7-9-5(8)6(15-7)12(13)14/h2-3H,1H3. The molecule has 0 unspecified atom stereocenters. The van der Waals surface area contributed by atoms with E-state index in [0.717, 1.165) is 17.0 Å². The lowest BCUT2D eigenvalue weighted by Gasteiger charge is -1.90. The molecule has 6 nitrogen and oxygen atoms in total. The number of hydrogen-bond acceptors (Lipinski definition) is 5. The van der Waals surface area contributed by atoms with Crippen LogP contribution >= 0.6 is 22.9 Å². The second-order valence-electron chi connectivity index (χ2n) is 2.75. The first-order chi connectivity index (χ1) is 7.08. The number of aryl methyl sites for hydroxylation is 1. The lowest BCUT2D eigenvalue weighted by Crippen LogP contribution is -1.93. The van der Waals surface area contributed by atoms with E-state index in [0.29, 0.717) is 5.13 Å². The van der Waals surface area contributed by atoms with E-state index in [1.807, 2.05) is 6.92 Å². The fourth-order valence-corrected chi connectivity index (χ4v) is 2.04. The zero-order chi connectivity index (χ0) is 11.0. The van der Waals surface area contributed by atoms with E-state index in [9.17, 15) is 10.1 Å². The molecule has 0 saturated carbocycles. The van der Waals surface area contributed by atoms with Gasteiger partial charge in [0, 0.05) is 6.20 Å². The van der Waals surface area contributed by atoms with Crippen LogP contribution in [0.1, 0.15) is 5.69 Å². The third kappa shape index (κ3) is 1.83. The van der Waals surface area contributed by atoms with Crippen LogP contribution in [-0.2, 0) is 0 Å². The van der Waals surface area contributed by atoms with Crippen molar-refractivity contribution in [2.45, 2.75) is 6.92 Å². The van der Waals surface area contributed by atoms with E-state index in [1.165, 1.54) is 4.68 Å². The van der Waals surface area contributed by atoms with E-state index >= 15 is 0 Å². The van der Waals surface area contributed by atoms with Crippen molar-refractivity contribution in [1.82, 2.24) is 14.8 Å². The Kier molecular flexibility index (Phi) is 2.41. The van der Waals surface area contributed by atoms with Gasteiger partial charge in [0.2, 0.25) is 10.3 Å². The summed E-state index contributed by atoms with van der Waals surface area (Å²) in [4.78, 5) is 13.8. The molecule has 0 aliphatic carbocycles. The third-order valence-corrected chi connectivity index (χ3v) is 3.01. The van der Waals surface area contributed by atoms with Crippen molar-refractivity contribution in [1.29, 1.82) is 0 Å². The summed E-state index contributed by atoms with van der Waals surface area (Å²) in [6.07, 6.45) is 1.67. The van der Waals surface area contributed by atoms with Crippen molar-refractivity contribution in [3.8, 4) is 5.13 Å². The van der Waals surface area contributed by atoms with Gasteiger partial charge in [-0.15, -0.1) is 0 Å². The van der Waals surface area contributed by atoms with Gasteiger partial charge < -0.3 is 0 Å². The number of halogens is 1. The van der Waals surface area contributed by atoms with Crippen molar-refractivity contribution in [3.63, 3.8) is 0 Å². The van der Waals surface area contributed by atoms with E-state index in [2.05, 4.69) is 10.1 Å². The van der Waals surface area contributed by atoms with Crippen LogP contribution in [0.4, 0.5) is 5.00 Å². The van der Waals surface area contributed by atoms with E-state index < -0.39 is 4.92 Å². The molecule has 78 valence electrons. The maximum absolute atomic E-state index is 10.5. The molecule has 2 aromatic heterocycles. The molecule has 0 bridgehead atoms. The van der Waals surface area contributed by atoms with Gasteiger partial charge in [-0.1, -0.05) is 11.6 Å². The summed E-state index contributed by atoms with van der Waals surface area (Å²) < 4.78 is 1.46. The maximum atomic E-state index is 10.5. The highest BCUT2D eigenvalue weighted by molar-refractivity contribution is 7.17. The van der Waals surface area contributed by atoms with Crippen LogP contribution in [-0.4, -0.2) is 19.7 Å². The number of nitro groups is 1. The number of hydrogen-bond donors (Lipinski definition) is 0. The van der Waals surface area contributed by atoms with Crippen molar-refractivity contribution in [2.75, 3.05) is 0 Å². The molecule has 0 amide bonds. The van der Waals surface area contributed by atoms with Gasteiger partial charge in [0.1, 0.15) is 0 Å². The molecule has 0 aromatic carbocycles. The average molecular weight is 245 g/mol. The van der Waals surface area contributed by atoms with Gasteiger partial charge in [0.05, 0.1) is 10.6 Å². The van der Waals surface area contributed by atoms with Gasteiger partial charge in [-0.2, -0.15) is 10.1 Å². The van der Waals surface area contributed by atoms with Gasteiger partial charge in [0.25, 0.3) is 0 Å². The zero-order valence-electron chi connectivity index (χ0n) is 7.55. The van der Waals surface area contributed by atoms with Gasteiger partial charge in [0.15, 0.2) is 0 Å². The molecular weight excluding hydrogens is 240 g/mol. The molecule has 15 heavy (non-hydrogen) atoms. The SMILES string of the molecule is Cc1ccn(-c2nc(Cl)c([N+](=O)[O-])s2)n1. The number of nitrogens with zero attached hydrogens (tertiary/aromatic N) is 4. The zero-order valence-corrected chi connectivity index (χ0v) is 9.12. The Morgan fingerprint density at radius 2 is 2.40 bits per heavy atom. The smallest absolute Gasteiger partial charge is 0.257 e. The summed E-state index contributed by atoms with van der Waals surface area (Å²) in [6.45, 7) is 1.82. The van der Waals surface area contributed by atoms with E-state index in [4.69, 9.17) is 11.6 Å². The van der Waals surface area contributed by atoms with Gasteiger partial charge in [-0.25, -0.2) is 4.68 Å². The summed E-state index contributed by atoms with van der Waals surface area (Å²) in [7, 11) is 0. The van der Waals surface area contributed by atoms with Crippen molar-refractivity contribution in [2.24, 2.45) is 0 Å². The van der Waals surface area contributed by atoms with Crippen LogP contribution in [0.2, 0.25) is 5.15 Å². The molecule has 0 radical (unpaired) electrons. The fourth-order valence-electron chi connectivity index (χ4n) is 1.02. The van der Waals surface area contributed by atoms with E-state index in [-0.39, 0.29) is 10.2 Å². The Morgan fingerprint density at radius 1 is 1.67 bits per heavy atom. The Bertz CT molecular complexity index is 521. The van der Waals surface area contributed by atoms with Crippen LogP contribution in [0, 0.1) is 17.0 Å². The first-order valence-electron chi connectivity index (χ1n) is 3.91. The minimum absolute atomic E-state index is 0.104. The highest BCUT2D eigenvalue weighted by atomic mass is 35.5. The first-order valence-corrected chi connectivity index (χ1v) is 5.11. The van der Waals surface area contributed by atoms with Crippen molar-refractivity contribution >= 4 is 27.9 Å². The van der Waals surface area contributed by atoms with Gasteiger partial charge >= 0.3 is 5.00 Å². The molecule has 0 aliphatic heterocycles. The normalized spacial score (nSPS) is 10.5. The quantitative estimate of drug-likeness (QED) is 0.600. The lowest BCUT2D eigenvalue weighted by molar-refractivity contribution is -0.380. The number of aromatic nitrogens is 3. The molecular formula is C7H5ClN4O2S. The molecule has 0 N–H and O–H groups in total. The fraction of sp³-hybridized carbons (Fsp3) is 0.143. The van der Waals surface area contributed by atoms with Gasteiger partial charge in [-0.05, 0) is 24.3 Å². The van der Waals surface area contributed by atoms with Crippen LogP contribution in [0.15, 0.2) is 12.3 Å². The minimum atomic E-state index is -0.556. The predicted molar refractivity (Wildman–Crippen MR) is 55.6 cm³/mol. The summed E-state index contributed by atoms with van der Waals surface area (Å²) in [5, 5.41) is 14.7. The Hall–Kier alpha value is -1.47. The molecule has 8 heteroatoms. The molecule has 2 heterocycles. The maximum Gasteiger partial charge on any atom is 0.364 e. The minimum Gasteiger partial charge on any atom is -0.257 e. The molecule has 0 spiro atoms. The predicted octanol–water partition coefficient (Wildman–Crippen LogP) is 2.20. The largest absolute Gasteiger partial charge is 0.364 e. The summed E-state index contributed by atoms with van der Waals surface area (Å²) >= 11 is 6.51. The molecule has 0 saturated heterocycles. The summed E-state index contributed by atoms with van der Waals surface area (Å²) in [6, 6.07) is 1.78. The number of rotatable bonds is 2. The Morgan fingerprint density at radius 3 is 2.87 bits per heavy atom. The summed E-state index contributed by atoms with van der Waals surface area (Å²) in [5.41, 5.74) is 0.809. The number of thiazole rings is 1. The summed E-state index contributed by atoms with van der Waals surface area (Å²) in [5.74, 6) is 0. The second-order valence-corrected chi connectivity index (χ2v) is 4.07. The molecule has 0 aliphatic rings. The monoisotopic (exact) mass is 244 g/mol. The van der Waals surface area contributed by atoms with Crippen LogP contribution in [0.5, 0.6) is 0 Å². The lowest BCUT2D eigenvalue weighted by atomic mass is 10.5. The highest BCUT2D eigenvalue weighted by Gasteiger charge is 2.20. The molecule has 0 atom stereocenters. The van der Waals surface area contributed by atoms with E-state index in [1.54, 1.807) is 12.3 Å². The Balaban J connectivity index is 2.46. The Labute approximate surface area is 93.3 Å². The van der Waals surface area contributed by atoms with Crippen molar-refractivity contribution in [3.05, 3.63) is 33.2 Å². The molecule has 0 fully saturated rings. The molecule has 2 rings (SSSR count). The highest BCUT2D eigenvalue weighted by Crippen LogP contribution is 2.32. The topological polar surface area (TPSA) is 73.8 Å². The van der Waals surface area contributed by atoms with Crippen molar-refractivity contribution < 1.29 is 4.92 Å². The van der Waals surface area contributed by atoms with Gasteiger partial charge in [-0.3, -0.25) is 10.1 Å². The van der Waals surface area contributed by atoms with Crippen LogP contribution in [0.25, 0.3) is 5.13 Å². The van der Waals surface area contributed by atoms with Crippen LogP contribution < -0.4 is 0 Å². The first kappa shape index (κ1) is 10.1. The second kappa shape index (κ2) is 3.59. The van der Waals surface area contributed by atoms with Crippen LogP contribution in [0.3, 0.4) is 0 Å². The molecule has 2 aromatic rings. The third-order valence-electron chi connectivity index (χ3n) is 1.64.